The van der Waals surface area contributed by atoms with E-state index in [0.29, 0.717) is 28.3 Å². The number of hydrogen-bond acceptors (Lipinski definition) is 5. The summed E-state index contributed by atoms with van der Waals surface area (Å²) in [7, 11) is 1.60. The van der Waals surface area contributed by atoms with Crippen LogP contribution in [0.2, 0.25) is 0 Å². The van der Waals surface area contributed by atoms with Crippen molar-refractivity contribution in [3.05, 3.63) is 70.9 Å². The second-order valence-electron chi connectivity index (χ2n) is 5.87. The normalized spacial score (nSPS) is 11.0. The minimum atomic E-state index is -0.274. The summed E-state index contributed by atoms with van der Waals surface area (Å²) in [6, 6.07) is 14.9. The highest BCUT2D eigenvalue weighted by molar-refractivity contribution is 5.85. The first-order valence-electron chi connectivity index (χ1n) is 8.06. The third-order valence-corrected chi connectivity index (χ3v) is 4.31. The molecule has 26 heavy (non-hydrogen) atoms. The summed E-state index contributed by atoms with van der Waals surface area (Å²) in [4.78, 5) is 21.7. The molecule has 0 aliphatic carbocycles. The van der Waals surface area contributed by atoms with Crippen molar-refractivity contribution < 1.29 is 4.74 Å². The predicted octanol–water partition coefficient (Wildman–Crippen LogP) is 2.47. The third kappa shape index (κ3) is 2.33. The Balaban J connectivity index is 2.11. The van der Waals surface area contributed by atoms with Gasteiger partial charge in [0, 0.05) is 6.07 Å². The first-order chi connectivity index (χ1) is 12.6. The summed E-state index contributed by atoms with van der Waals surface area (Å²) in [5.74, 6) is 0.923. The van der Waals surface area contributed by atoms with Gasteiger partial charge in [0.05, 0.1) is 18.5 Å². The van der Waals surface area contributed by atoms with E-state index in [2.05, 4.69) is 9.97 Å². The molecule has 0 saturated heterocycles. The summed E-state index contributed by atoms with van der Waals surface area (Å²) in [5.41, 5.74) is 9.06. The lowest BCUT2D eigenvalue weighted by Gasteiger charge is -2.09. The van der Waals surface area contributed by atoms with Crippen LogP contribution in [-0.4, -0.2) is 26.2 Å². The van der Waals surface area contributed by atoms with Crippen LogP contribution in [-0.2, 0) is 0 Å². The molecular weight excluding hydrogens is 330 g/mol. The van der Waals surface area contributed by atoms with Crippen LogP contribution in [0, 0.1) is 6.92 Å². The molecule has 0 radical (unpaired) electrons. The number of ether oxygens (including phenoxy) is 1. The van der Waals surface area contributed by atoms with Gasteiger partial charge in [0.25, 0.3) is 0 Å². The molecule has 7 heteroatoms. The SMILES string of the molecule is COc1cc(-n2c(=O)n(-c3ccccc3)c3ncnc(N)c32)ccc1C. The van der Waals surface area contributed by atoms with Gasteiger partial charge in [-0.3, -0.25) is 4.57 Å². The zero-order valence-corrected chi connectivity index (χ0v) is 14.4. The molecule has 0 amide bonds. The number of fused-ring (bicyclic) bond motifs is 1. The zero-order chi connectivity index (χ0) is 18.3. The van der Waals surface area contributed by atoms with Gasteiger partial charge in [0.2, 0.25) is 0 Å². The molecule has 4 aromatic rings. The number of nitrogens with two attached hydrogens (primary N) is 1. The molecule has 0 bridgehead atoms. The Morgan fingerprint density at radius 3 is 2.50 bits per heavy atom. The molecule has 0 fully saturated rings. The maximum Gasteiger partial charge on any atom is 0.339 e. The van der Waals surface area contributed by atoms with Crippen LogP contribution in [0.25, 0.3) is 22.5 Å². The predicted molar refractivity (Wildman–Crippen MR) is 100 cm³/mol. The van der Waals surface area contributed by atoms with E-state index in [-0.39, 0.29) is 11.5 Å². The number of methoxy groups -OCH3 is 1. The third-order valence-electron chi connectivity index (χ3n) is 4.31. The highest BCUT2D eigenvalue weighted by atomic mass is 16.5. The van der Waals surface area contributed by atoms with Crippen LogP contribution in [0.5, 0.6) is 5.75 Å². The van der Waals surface area contributed by atoms with Crippen molar-refractivity contribution in [3.8, 4) is 17.1 Å². The van der Waals surface area contributed by atoms with E-state index in [1.165, 1.54) is 15.5 Å². The summed E-state index contributed by atoms with van der Waals surface area (Å²) < 4.78 is 8.44. The number of aromatic nitrogens is 4. The lowest BCUT2D eigenvalue weighted by molar-refractivity contribution is 0.411. The van der Waals surface area contributed by atoms with Gasteiger partial charge in [-0.2, -0.15) is 0 Å². The van der Waals surface area contributed by atoms with Crippen LogP contribution in [0.4, 0.5) is 5.82 Å². The lowest BCUT2D eigenvalue weighted by Crippen LogP contribution is -2.22. The first-order valence-corrected chi connectivity index (χ1v) is 8.06. The lowest BCUT2D eigenvalue weighted by atomic mass is 10.2. The number of aryl methyl sites for hydroxylation is 1. The van der Waals surface area contributed by atoms with Crippen molar-refractivity contribution in [2.24, 2.45) is 0 Å². The van der Waals surface area contributed by atoms with Crippen LogP contribution >= 0.6 is 0 Å². The van der Waals surface area contributed by atoms with Gasteiger partial charge in [-0.25, -0.2) is 19.3 Å². The van der Waals surface area contributed by atoms with Gasteiger partial charge < -0.3 is 10.5 Å². The fraction of sp³-hybridized carbons (Fsp3) is 0.105. The fourth-order valence-corrected chi connectivity index (χ4v) is 3.04. The maximum absolute atomic E-state index is 13.3. The topological polar surface area (TPSA) is 88.0 Å². The molecule has 2 aromatic heterocycles. The average Bonchev–Trinajstić information content (AvgIpc) is 2.96. The number of imidazole rings is 1. The molecule has 130 valence electrons. The Morgan fingerprint density at radius 1 is 1.00 bits per heavy atom. The Bertz CT molecular complexity index is 1160. The van der Waals surface area contributed by atoms with Gasteiger partial charge >= 0.3 is 5.69 Å². The average molecular weight is 347 g/mol. The second-order valence-corrected chi connectivity index (χ2v) is 5.87. The fourth-order valence-electron chi connectivity index (χ4n) is 3.04. The van der Waals surface area contributed by atoms with Crippen LogP contribution in [0.1, 0.15) is 5.56 Å². The Hall–Kier alpha value is -3.61. The molecular formula is C19H17N5O2. The Morgan fingerprint density at radius 2 is 1.77 bits per heavy atom. The van der Waals surface area contributed by atoms with Crippen LogP contribution in [0.3, 0.4) is 0 Å². The molecule has 0 unspecified atom stereocenters. The van der Waals surface area contributed by atoms with E-state index in [1.807, 2.05) is 49.4 Å². The van der Waals surface area contributed by atoms with Crippen molar-refractivity contribution in [2.45, 2.75) is 6.92 Å². The van der Waals surface area contributed by atoms with E-state index in [0.717, 1.165) is 5.56 Å². The molecule has 0 saturated carbocycles. The Labute approximate surface area is 149 Å². The van der Waals surface area contributed by atoms with Crippen LogP contribution < -0.4 is 16.2 Å². The number of benzene rings is 2. The van der Waals surface area contributed by atoms with E-state index in [4.69, 9.17) is 10.5 Å². The largest absolute Gasteiger partial charge is 0.496 e. The number of hydrogen-bond donors (Lipinski definition) is 1. The van der Waals surface area contributed by atoms with Crippen molar-refractivity contribution >= 4 is 17.0 Å². The molecule has 0 aliphatic heterocycles. The molecule has 2 aromatic carbocycles. The van der Waals surface area contributed by atoms with E-state index in [1.54, 1.807) is 13.2 Å². The molecule has 4 rings (SSSR count). The summed E-state index contributed by atoms with van der Waals surface area (Å²) >= 11 is 0. The van der Waals surface area contributed by atoms with Crippen molar-refractivity contribution in [1.82, 2.24) is 19.1 Å². The van der Waals surface area contributed by atoms with Gasteiger partial charge in [0.1, 0.15) is 17.6 Å². The van der Waals surface area contributed by atoms with Crippen molar-refractivity contribution in [1.29, 1.82) is 0 Å². The second kappa shape index (κ2) is 6.03. The summed E-state index contributed by atoms with van der Waals surface area (Å²) in [5, 5.41) is 0. The first kappa shape index (κ1) is 15.9. The summed E-state index contributed by atoms with van der Waals surface area (Å²) in [6.45, 7) is 1.94. The smallest absolute Gasteiger partial charge is 0.339 e. The van der Waals surface area contributed by atoms with Gasteiger partial charge in [-0.05, 0) is 30.7 Å². The van der Waals surface area contributed by atoms with Crippen LogP contribution in [0.15, 0.2) is 59.7 Å². The molecule has 2 N–H and O–H groups in total. The van der Waals surface area contributed by atoms with Crippen molar-refractivity contribution in [3.63, 3.8) is 0 Å². The zero-order valence-electron chi connectivity index (χ0n) is 14.4. The molecule has 0 aliphatic rings. The number of nitrogens with zero attached hydrogens (tertiary/aromatic N) is 4. The van der Waals surface area contributed by atoms with E-state index >= 15 is 0 Å². The highest BCUT2D eigenvalue weighted by Gasteiger charge is 2.20. The van der Waals surface area contributed by atoms with Crippen molar-refractivity contribution in [2.75, 3.05) is 12.8 Å². The minimum absolute atomic E-state index is 0.237. The maximum atomic E-state index is 13.3. The van der Waals surface area contributed by atoms with Gasteiger partial charge in [0.15, 0.2) is 11.5 Å². The van der Waals surface area contributed by atoms with Gasteiger partial charge in [-0.15, -0.1) is 0 Å². The monoisotopic (exact) mass is 347 g/mol. The van der Waals surface area contributed by atoms with E-state index in [9.17, 15) is 4.79 Å². The highest BCUT2D eigenvalue weighted by Crippen LogP contribution is 2.26. The molecule has 2 heterocycles. The van der Waals surface area contributed by atoms with E-state index < -0.39 is 0 Å². The number of nitrogen functional groups attached to an aromatic ring is 1. The summed E-state index contributed by atoms with van der Waals surface area (Å²) in [6.07, 6.45) is 1.36. The number of anilines is 1. The molecule has 7 nitrogen and oxygen atoms in total. The molecule has 0 spiro atoms. The standard InChI is InChI=1S/C19H17N5O2/c1-12-8-9-14(10-15(12)26-2)23-16-17(20)21-11-22-18(16)24(19(23)25)13-6-4-3-5-7-13/h3-11H,1-2H3,(H2,20,21,22). The minimum Gasteiger partial charge on any atom is -0.496 e. The molecule has 0 atom stereocenters. The quantitative estimate of drug-likeness (QED) is 0.615. The Kier molecular flexibility index (Phi) is 3.69. The number of para-hydroxylation sites is 1. The number of rotatable bonds is 3. The van der Waals surface area contributed by atoms with Gasteiger partial charge in [-0.1, -0.05) is 24.3 Å².